The third-order valence-electron chi connectivity index (χ3n) is 5.01. The Labute approximate surface area is 152 Å². The molecule has 4 rings (SSSR count). The Morgan fingerprint density at radius 2 is 1.81 bits per heavy atom. The lowest BCUT2D eigenvalue weighted by Crippen LogP contribution is -2.49. The highest BCUT2D eigenvalue weighted by atomic mass is 16.6. The van der Waals surface area contributed by atoms with Crippen LogP contribution in [0.4, 0.5) is 10.5 Å². The largest absolute Gasteiger partial charge is 0.416 e. The molecular weight excluding hydrogens is 328 g/mol. The van der Waals surface area contributed by atoms with Gasteiger partial charge >= 0.3 is 6.09 Å². The number of piperazine rings is 1. The van der Waals surface area contributed by atoms with Crippen molar-refractivity contribution < 1.29 is 9.53 Å². The van der Waals surface area contributed by atoms with Crippen LogP contribution >= 0.6 is 0 Å². The van der Waals surface area contributed by atoms with Crippen LogP contribution in [-0.2, 0) is 0 Å². The van der Waals surface area contributed by atoms with Gasteiger partial charge in [-0.15, -0.1) is 5.10 Å². The number of aryl methyl sites for hydroxylation is 2. The molecule has 1 N–H and O–H groups in total. The Balaban J connectivity index is 1.39. The number of carbonyl (C=O) groups excluding carboxylic acids is 1. The zero-order valence-electron chi connectivity index (χ0n) is 15.0. The minimum absolute atomic E-state index is 0.335. The molecule has 0 unspecified atom stereocenters. The Morgan fingerprint density at radius 3 is 2.58 bits per heavy atom. The molecule has 0 aliphatic carbocycles. The first-order valence-corrected chi connectivity index (χ1v) is 8.84. The first kappa shape index (κ1) is 16.4. The molecule has 3 aromatic rings. The zero-order chi connectivity index (χ0) is 18.1. The van der Waals surface area contributed by atoms with Crippen LogP contribution in [0, 0.1) is 13.8 Å². The maximum atomic E-state index is 12.5. The van der Waals surface area contributed by atoms with Crippen LogP contribution in [-0.4, -0.2) is 47.4 Å². The van der Waals surface area contributed by atoms with E-state index in [9.17, 15) is 4.79 Å². The average molecular weight is 350 g/mol. The Kier molecular flexibility index (Phi) is 4.24. The van der Waals surface area contributed by atoms with Gasteiger partial charge in [0.15, 0.2) is 0 Å². The minimum Gasteiger partial charge on any atom is -0.389 e. The molecule has 1 aliphatic rings. The van der Waals surface area contributed by atoms with E-state index >= 15 is 0 Å². The summed E-state index contributed by atoms with van der Waals surface area (Å²) in [6.07, 6.45) is -0.345. The maximum Gasteiger partial charge on any atom is 0.416 e. The smallest absolute Gasteiger partial charge is 0.389 e. The van der Waals surface area contributed by atoms with Crippen LogP contribution in [0.25, 0.3) is 10.9 Å². The van der Waals surface area contributed by atoms with Crippen LogP contribution in [0.3, 0.4) is 0 Å². The first-order valence-electron chi connectivity index (χ1n) is 8.84. The van der Waals surface area contributed by atoms with Gasteiger partial charge in [-0.25, -0.2) is 4.79 Å². The van der Waals surface area contributed by atoms with Crippen LogP contribution < -0.4 is 9.64 Å². The molecule has 0 bridgehead atoms. The van der Waals surface area contributed by atoms with Crippen molar-refractivity contribution in [1.82, 2.24) is 15.1 Å². The minimum atomic E-state index is -0.345. The van der Waals surface area contributed by atoms with Gasteiger partial charge in [0.05, 0.1) is 10.9 Å². The molecule has 0 radical (unpaired) electrons. The number of anilines is 1. The number of carbonyl (C=O) groups is 1. The highest BCUT2D eigenvalue weighted by molar-refractivity contribution is 5.86. The van der Waals surface area contributed by atoms with Gasteiger partial charge < -0.3 is 14.5 Å². The molecule has 1 aliphatic heterocycles. The predicted octanol–water partition coefficient (Wildman–Crippen LogP) is 3.50. The molecule has 0 atom stereocenters. The van der Waals surface area contributed by atoms with Gasteiger partial charge in [0, 0.05) is 31.9 Å². The standard InChI is InChI=1S/C20H22N4O2/c1-14-7-8-16(13-15(14)2)23-9-11-24(12-10-23)20(25)26-19-17-5-3-4-6-18(17)21-22-19/h3-8,13H,9-12H2,1-2H3,(H,21,22). The number of nitrogens with one attached hydrogen (secondary N) is 1. The average Bonchev–Trinajstić information content (AvgIpc) is 3.07. The molecular formula is C20H22N4O2. The second-order valence-electron chi connectivity index (χ2n) is 6.68. The predicted molar refractivity (Wildman–Crippen MR) is 102 cm³/mol. The van der Waals surface area contributed by atoms with Crippen molar-refractivity contribution in [1.29, 1.82) is 0 Å². The van der Waals surface area contributed by atoms with Crippen molar-refractivity contribution >= 4 is 22.7 Å². The molecule has 6 heteroatoms. The molecule has 1 saturated heterocycles. The molecule has 1 fully saturated rings. The van der Waals surface area contributed by atoms with Crippen molar-refractivity contribution in [2.45, 2.75) is 13.8 Å². The number of hydrogen-bond donors (Lipinski definition) is 1. The first-order chi connectivity index (χ1) is 12.6. The number of H-pyrrole nitrogens is 1. The van der Waals surface area contributed by atoms with Crippen LogP contribution in [0.2, 0.25) is 0 Å². The lowest BCUT2D eigenvalue weighted by Gasteiger charge is -2.35. The summed E-state index contributed by atoms with van der Waals surface area (Å²) < 4.78 is 5.51. The second kappa shape index (κ2) is 6.71. The van der Waals surface area contributed by atoms with Gasteiger partial charge in [0.25, 0.3) is 5.88 Å². The SMILES string of the molecule is Cc1ccc(N2CCN(C(=O)Oc3n[nH]c4ccccc34)CC2)cc1C. The van der Waals surface area contributed by atoms with E-state index in [4.69, 9.17) is 4.74 Å². The number of rotatable bonds is 2. The van der Waals surface area contributed by atoms with Crippen molar-refractivity contribution in [3.05, 3.63) is 53.6 Å². The summed E-state index contributed by atoms with van der Waals surface area (Å²) in [5, 5.41) is 7.80. The van der Waals surface area contributed by atoms with Gasteiger partial charge in [0.2, 0.25) is 0 Å². The number of nitrogens with zero attached hydrogens (tertiary/aromatic N) is 3. The molecule has 1 amide bonds. The van der Waals surface area contributed by atoms with Crippen molar-refractivity contribution in [2.24, 2.45) is 0 Å². The van der Waals surface area contributed by atoms with E-state index in [2.05, 4.69) is 47.1 Å². The van der Waals surface area contributed by atoms with Gasteiger partial charge in [-0.1, -0.05) is 18.2 Å². The molecule has 0 saturated carbocycles. The summed E-state index contributed by atoms with van der Waals surface area (Å²) in [5.74, 6) is 0.335. The van der Waals surface area contributed by atoms with Gasteiger partial charge in [0.1, 0.15) is 0 Å². The summed E-state index contributed by atoms with van der Waals surface area (Å²) in [5.41, 5.74) is 4.64. The number of aromatic amines is 1. The van der Waals surface area contributed by atoms with E-state index in [1.807, 2.05) is 24.3 Å². The van der Waals surface area contributed by atoms with Crippen molar-refractivity contribution in [2.75, 3.05) is 31.1 Å². The van der Waals surface area contributed by atoms with E-state index in [-0.39, 0.29) is 6.09 Å². The number of ether oxygens (including phenoxy) is 1. The highest BCUT2D eigenvalue weighted by Gasteiger charge is 2.24. The van der Waals surface area contributed by atoms with Crippen LogP contribution in [0.15, 0.2) is 42.5 Å². The molecule has 134 valence electrons. The van der Waals surface area contributed by atoms with Gasteiger partial charge in [-0.05, 0) is 49.2 Å². The van der Waals surface area contributed by atoms with Crippen LogP contribution in [0.1, 0.15) is 11.1 Å². The monoisotopic (exact) mass is 350 g/mol. The van der Waals surface area contributed by atoms with E-state index in [0.29, 0.717) is 19.0 Å². The van der Waals surface area contributed by atoms with Crippen molar-refractivity contribution in [3.8, 4) is 5.88 Å². The molecule has 2 heterocycles. The van der Waals surface area contributed by atoms with Crippen molar-refractivity contribution in [3.63, 3.8) is 0 Å². The Hall–Kier alpha value is -3.02. The van der Waals surface area contributed by atoms with E-state index in [1.165, 1.54) is 16.8 Å². The maximum absolute atomic E-state index is 12.5. The van der Waals surface area contributed by atoms with E-state index in [1.54, 1.807) is 4.90 Å². The summed E-state index contributed by atoms with van der Waals surface area (Å²) in [7, 11) is 0. The Morgan fingerprint density at radius 1 is 1.04 bits per heavy atom. The summed E-state index contributed by atoms with van der Waals surface area (Å²) in [6, 6.07) is 14.1. The van der Waals surface area contributed by atoms with E-state index in [0.717, 1.165) is 24.0 Å². The zero-order valence-corrected chi connectivity index (χ0v) is 15.0. The van der Waals surface area contributed by atoms with Gasteiger partial charge in [-0.3, -0.25) is 5.10 Å². The molecule has 0 spiro atoms. The van der Waals surface area contributed by atoms with Gasteiger partial charge in [-0.2, -0.15) is 0 Å². The number of amides is 1. The second-order valence-corrected chi connectivity index (χ2v) is 6.68. The Bertz CT molecular complexity index is 942. The lowest BCUT2D eigenvalue weighted by molar-refractivity contribution is 0.148. The fourth-order valence-electron chi connectivity index (χ4n) is 3.23. The molecule has 6 nitrogen and oxygen atoms in total. The topological polar surface area (TPSA) is 61.5 Å². The third kappa shape index (κ3) is 3.10. The third-order valence-corrected chi connectivity index (χ3v) is 5.01. The summed E-state index contributed by atoms with van der Waals surface area (Å²) in [4.78, 5) is 16.5. The molecule has 1 aromatic heterocycles. The summed E-state index contributed by atoms with van der Waals surface area (Å²) in [6.45, 7) is 7.09. The number of hydrogen-bond acceptors (Lipinski definition) is 4. The van der Waals surface area contributed by atoms with E-state index < -0.39 is 0 Å². The highest BCUT2D eigenvalue weighted by Crippen LogP contribution is 2.23. The molecule has 26 heavy (non-hydrogen) atoms. The number of para-hydroxylation sites is 1. The quantitative estimate of drug-likeness (QED) is 0.768. The normalized spacial score (nSPS) is 14.7. The molecule has 2 aromatic carbocycles. The fourth-order valence-corrected chi connectivity index (χ4v) is 3.23. The number of aromatic nitrogens is 2. The summed E-state index contributed by atoms with van der Waals surface area (Å²) >= 11 is 0. The number of fused-ring (bicyclic) bond motifs is 1. The fraction of sp³-hybridized carbons (Fsp3) is 0.300. The lowest BCUT2D eigenvalue weighted by atomic mass is 10.1. The van der Waals surface area contributed by atoms with Crippen LogP contribution in [0.5, 0.6) is 5.88 Å². The number of benzene rings is 2.